The van der Waals surface area contributed by atoms with Crippen LogP contribution in [0.15, 0.2) is 112 Å². The Kier molecular flexibility index (Phi) is 7.82. The number of hydrogen-bond acceptors (Lipinski definition) is 5. The summed E-state index contributed by atoms with van der Waals surface area (Å²) in [5.74, 6) is 1.89. The monoisotopic (exact) mass is 525 g/mol. The first-order valence-electron chi connectivity index (χ1n) is 13.2. The molecule has 1 aliphatic rings. The van der Waals surface area contributed by atoms with E-state index in [1.807, 2.05) is 106 Å². The van der Waals surface area contributed by atoms with Crippen molar-refractivity contribution in [2.75, 3.05) is 0 Å². The van der Waals surface area contributed by atoms with Gasteiger partial charge in [0.25, 0.3) is 0 Å². The van der Waals surface area contributed by atoms with Crippen LogP contribution in [0.25, 0.3) is 11.4 Å². The van der Waals surface area contributed by atoms with Crippen molar-refractivity contribution in [1.82, 2.24) is 15.3 Å². The maximum atomic E-state index is 8.74. The van der Waals surface area contributed by atoms with Crippen LogP contribution in [0.2, 0.25) is 0 Å². The first kappa shape index (κ1) is 26.6. The number of amidine groups is 3. The molecule has 1 unspecified atom stereocenters. The van der Waals surface area contributed by atoms with Gasteiger partial charge in [-0.2, -0.15) is 0 Å². The Morgan fingerprint density at radius 3 is 2.15 bits per heavy atom. The van der Waals surface area contributed by atoms with E-state index in [4.69, 9.17) is 30.4 Å². The fourth-order valence-electron chi connectivity index (χ4n) is 4.50. The molecule has 198 valence electrons. The highest BCUT2D eigenvalue weighted by Crippen LogP contribution is 2.23. The van der Waals surface area contributed by atoms with Crippen molar-refractivity contribution in [2.24, 2.45) is 15.0 Å². The van der Waals surface area contributed by atoms with Crippen molar-refractivity contribution in [3.8, 4) is 11.4 Å². The molecule has 0 saturated heterocycles. The van der Waals surface area contributed by atoms with Crippen molar-refractivity contribution in [1.29, 1.82) is 5.41 Å². The molecular formula is C33H31N7. The van der Waals surface area contributed by atoms with Crippen molar-refractivity contribution < 1.29 is 0 Å². The molecule has 0 aliphatic carbocycles. The molecule has 1 aliphatic heterocycles. The van der Waals surface area contributed by atoms with E-state index in [1.165, 1.54) is 0 Å². The van der Waals surface area contributed by atoms with Crippen LogP contribution in [-0.4, -0.2) is 39.7 Å². The smallest absolute Gasteiger partial charge is 0.161 e. The largest absolute Gasteiger partial charge is 0.344 e. The first-order chi connectivity index (χ1) is 19.3. The lowest BCUT2D eigenvalue weighted by Crippen LogP contribution is -2.28. The summed E-state index contributed by atoms with van der Waals surface area (Å²) < 4.78 is 0. The number of aromatic nitrogens is 2. The van der Waals surface area contributed by atoms with Crippen LogP contribution >= 0.6 is 0 Å². The summed E-state index contributed by atoms with van der Waals surface area (Å²) in [6.07, 6.45) is 3.85. The van der Waals surface area contributed by atoms with E-state index in [1.54, 1.807) is 6.21 Å². The van der Waals surface area contributed by atoms with Gasteiger partial charge in [-0.3, -0.25) is 10.4 Å². The van der Waals surface area contributed by atoms with Gasteiger partial charge in [0.05, 0.1) is 6.04 Å². The minimum absolute atomic E-state index is 0.0383. The van der Waals surface area contributed by atoms with Crippen molar-refractivity contribution in [3.05, 3.63) is 130 Å². The fraction of sp³-hybridized carbons (Fsp3) is 0.152. The molecule has 3 aromatic carbocycles. The Hall–Kier alpha value is -5.04. The second kappa shape index (κ2) is 11.8. The van der Waals surface area contributed by atoms with Gasteiger partial charge < -0.3 is 5.32 Å². The van der Waals surface area contributed by atoms with E-state index >= 15 is 0 Å². The predicted octanol–water partition coefficient (Wildman–Crippen LogP) is 6.29. The Balaban J connectivity index is 1.69. The van der Waals surface area contributed by atoms with Gasteiger partial charge in [0, 0.05) is 45.6 Å². The van der Waals surface area contributed by atoms with Crippen LogP contribution in [0.1, 0.15) is 47.5 Å². The molecule has 7 heteroatoms. The number of rotatable bonds is 5. The standard InChI is InChI=1S/C33H31N7/c1-21-15-22(2)37-32(36-21)28-17-27(18-29(19-28)33-38-23(3)16-24(4)39-33)31(35-20-25-11-7-5-8-12-25)40-30(34)26-13-9-6-10-14-26/h5-21,34H,1-4H3,(H,36,37). The summed E-state index contributed by atoms with van der Waals surface area (Å²) >= 11 is 0. The lowest BCUT2D eigenvalue weighted by Gasteiger charge is -2.19. The van der Waals surface area contributed by atoms with E-state index in [2.05, 4.69) is 18.3 Å². The fourth-order valence-corrected chi connectivity index (χ4v) is 4.50. The van der Waals surface area contributed by atoms with Gasteiger partial charge in [-0.1, -0.05) is 60.7 Å². The molecule has 2 heterocycles. The molecule has 1 aromatic heterocycles. The maximum absolute atomic E-state index is 8.74. The van der Waals surface area contributed by atoms with Crippen molar-refractivity contribution in [2.45, 2.75) is 33.7 Å². The number of allylic oxidation sites excluding steroid dienone is 1. The third-order valence-corrected chi connectivity index (χ3v) is 6.25. The van der Waals surface area contributed by atoms with Gasteiger partial charge in [0.1, 0.15) is 5.84 Å². The number of aliphatic imine (C=N–C) groups is 3. The number of nitrogens with one attached hydrogen (secondary N) is 2. The quantitative estimate of drug-likeness (QED) is 0.236. The SMILES string of the molecule is CC1=CC(C)N=C(c2cc(C(N=Cc3ccccc3)=NC(=N)c3ccccc3)cc(-c3nc(C)cc(C)n3)c2)N1. The molecule has 0 fully saturated rings. The van der Waals surface area contributed by atoms with Crippen LogP contribution in [0.3, 0.4) is 0 Å². The van der Waals surface area contributed by atoms with Gasteiger partial charge in [0.15, 0.2) is 17.5 Å². The van der Waals surface area contributed by atoms with Crippen molar-refractivity contribution >= 4 is 23.7 Å². The zero-order valence-electron chi connectivity index (χ0n) is 23.1. The number of benzene rings is 3. The topological polar surface area (TPSA) is 98.7 Å². The Labute approximate surface area is 234 Å². The van der Waals surface area contributed by atoms with Gasteiger partial charge in [-0.15, -0.1) is 0 Å². The van der Waals surface area contributed by atoms with Crippen LogP contribution < -0.4 is 5.32 Å². The molecular weight excluding hydrogens is 494 g/mol. The Morgan fingerprint density at radius 1 is 0.825 bits per heavy atom. The molecule has 4 aromatic rings. The van der Waals surface area contributed by atoms with Crippen LogP contribution in [0.5, 0.6) is 0 Å². The average Bonchev–Trinajstić information content (AvgIpc) is 2.95. The molecule has 0 spiro atoms. The van der Waals surface area contributed by atoms with Gasteiger partial charge >= 0.3 is 0 Å². The zero-order valence-corrected chi connectivity index (χ0v) is 23.1. The van der Waals surface area contributed by atoms with Gasteiger partial charge in [-0.25, -0.2) is 20.0 Å². The molecule has 0 amide bonds. The molecule has 1 atom stereocenters. The molecule has 2 N–H and O–H groups in total. The lowest BCUT2D eigenvalue weighted by atomic mass is 10.0. The van der Waals surface area contributed by atoms with Crippen LogP contribution in [0.4, 0.5) is 0 Å². The minimum Gasteiger partial charge on any atom is -0.344 e. The summed E-state index contributed by atoms with van der Waals surface area (Å²) in [4.78, 5) is 23.8. The molecule has 0 radical (unpaired) electrons. The normalized spacial score (nSPS) is 15.4. The lowest BCUT2D eigenvalue weighted by molar-refractivity contribution is 0.856. The third kappa shape index (κ3) is 6.50. The van der Waals surface area contributed by atoms with E-state index in [0.29, 0.717) is 17.2 Å². The molecule has 40 heavy (non-hydrogen) atoms. The molecule has 5 rings (SSSR count). The molecule has 7 nitrogen and oxygen atoms in total. The second-order valence-corrected chi connectivity index (χ2v) is 9.79. The van der Waals surface area contributed by atoms with E-state index in [9.17, 15) is 0 Å². The van der Waals surface area contributed by atoms with Crippen LogP contribution in [-0.2, 0) is 0 Å². The van der Waals surface area contributed by atoms with Crippen LogP contribution in [0, 0.1) is 19.3 Å². The Bertz CT molecular complexity index is 1650. The van der Waals surface area contributed by atoms with Crippen molar-refractivity contribution in [3.63, 3.8) is 0 Å². The number of aryl methyl sites for hydroxylation is 2. The number of hydrogen-bond donors (Lipinski definition) is 2. The molecule has 0 bridgehead atoms. The van der Waals surface area contributed by atoms with E-state index in [-0.39, 0.29) is 11.9 Å². The zero-order chi connectivity index (χ0) is 28.1. The summed E-state index contributed by atoms with van der Waals surface area (Å²) in [5, 5.41) is 12.1. The molecule has 0 saturated carbocycles. The Morgan fingerprint density at radius 2 is 1.48 bits per heavy atom. The summed E-state index contributed by atoms with van der Waals surface area (Å²) in [6, 6.07) is 27.3. The second-order valence-electron chi connectivity index (χ2n) is 9.79. The van der Waals surface area contributed by atoms with E-state index < -0.39 is 0 Å². The predicted molar refractivity (Wildman–Crippen MR) is 164 cm³/mol. The average molecular weight is 526 g/mol. The van der Waals surface area contributed by atoms with Gasteiger partial charge in [-0.05, 0) is 63.6 Å². The maximum Gasteiger partial charge on any atom is 0.161 e. The minimum atomic E-state index is 0.0383. The summed E-state index contributed by atoms with van der Waals surface area (Å²) in [5.41, 5.74) is 6.86. The van der Waals surface area contributed by atoms with E-state index in [0.717, 1.165) is 45.2 Å². The summed E-state index contributed by atoms with van der Waals surface area (Å²) in [7, 11) is 0. The highest BCUT2D eigenvalue weighted by molar-refractivity contribution is 6.14. The first-order valence-corrected chi connectivity index (χ1v) is 13.2. The third-order valence-electron chi connectivity index (χ3n) is 6.25. The highest BCUT2D eigenvalue weighted by Gasteiger charge is 2.17. The number of nitrogens with zero attached hydrogens (tertiary/aromatic N) is 5. The summed E-state index contributed by atoms with van der Waals surface area (Å²) in [6.45, 7) is 8.01. The highest BCUT2D eigenvalue weighted by atomic mass is 15.0. The van der Waals surface area contributed by atoms with Gasteiger partial charge in [0.2, 0.25) is 0 Å².